The molecule has 208 valence electrons. The Morgan fingerprint density at radius 1 is 0.947 bits per heavy atom. The summed E-state index contributed by atoms with van der Waals surface area (Å²) in [6, 6.07) is 10.5. The van der Waals surface area contributed by atoms with Crippen LogP contribution in [0.15, 0.2) is 47.4 Å². The van der Waals surface area contributed by atoms with Crippen LogP contribution >= 0.6 is 11.3 Å². The third-order valence-electron chi connectivity index (χ3n) is 6.23. The van der Waals surface area contributed by atoms with Gasteiger partial charge in [0.1, 0.15) is 5.82 Å². The van der Waals surface area contributed by atoms with Crippen LogP contribution in [0.1, 0.15) is 51.9 Å². The van der Waals surface area contributed by atoms with Gasteiger partial charge in [-0.1, -0.05) is 52.9 Å². The highest BCUT2D eigenvalue weighted by Crippen LogP contribution is 2.30. The van der Waals surface area contributed by atoms with Crippen molar-refractivity contribution in [3.05, 3.63) is 53.8 Å². The highest BCUT2D eigenvalue weighted by molar-refractivity contribution is 7.89. The zero-order valence-electron chi connectivity index (χ0n) is 23.1. The number of aromatic nitrogens is 1. The van der Waals surface area contributed by atoms with E-state index in [0.717, 1.165) is 13.1 Å². The van der Waals surface area contributed by atoms with E-state index in [0.29, 0.717) is 47.1 Å². The maximum atomic E-state index is 13.8. The minimum Gasteiger partial charge on any atom is -0.302 e. The van der Waals surface area contributed by atoms with Crippen LogP contribution in [0.4, 0.5) is 9.52 Å². The molecule has 1 aromatic heterocycles. The van der Waals surface area contributed by atoms with Gasteiger partial charge >= 0.3 is 0 Å². The zero-order valence-corrected chi connectivity index (χ0v) is 24.8. The molecule has 0 N–H and O–H groups in total. The largest absolute Gasteiger partial charge is 0.302 e. The van der Waals surface area contributed by atoms with Gasteiger partial charge in [0.05, 0.1) is 15.1 Å². The minimum absolute atomic E-state index is 0.167. The quantitative estimate of drug-likeness (QED) is 0.266. The number of nitrogens with zero attached hydrogens (tertiary/aromatic N) is 4. The Morgan fingerprint density at radius 2 is 1.55 bits per heavy atom. The fourth-order valence-electron chi connectivity index (χ4n) is 4.23. The number of amides is 1. The molecule has 0 aliphatic carbocycles. The molecule has 2 aromatic carbocycles. The summed E-state index contributed by atoms with van der Waals surface area (Å²) >= 11 is 1.26. The highest BCUT2D eigenvalue weighted by atomic mass is 32.2. The molecule has 1 heterocycles. The summed E-state index contributed by atoms with van der Waals surface area (Å²) in [5.41, 5.74) is 0.997. The lowest BCUT2D eigenvalue weighted by Gasteiger charge is -2.26. The molecule has 0 saturated heterocycles. The van der Waals surface area contributed by atoms with E-state index in [9.17, 15) is 17.6 Å². The van der Waals surface area contributed by atoms with Crippen LogP contribution in [0.25, 0.3) is 10.2 Å². The van der Waals surface area contributed by atoms with Crippen molar-refractivity contribution in [2.45, 2.75) is 46.4 Å². The molecule has 38 heavy (non-hydrogen) atoms. The van der Waals surface area contributed by atoms with E-state index >= 15 is 0 Å². The van der Waals surface area contributed by atoms with Crippen molar-refractivity contribution < 1.29 is 17.6 Å². The summed E-state index contributed by atoms with van der Waals surface area (Å²) < 4.78 is 42.8. The normalized spacial score (nSPS) is 12.4. The molecular weight excluding hydrogens is 523 g/mol. The molecular formula is C28H39FN4O3S2. The number of carbonyl (C=O) groups is 1. The van der Waals surface area contributed by atoms with Crippen molar-refractivity contribution in [3.63, 3.8) is 0 Å². The average Bonchev–Trinajstić information content (AvgIpc) is 3.28. The topological polar surface area (TPSA) is 73.8 Å². The number of hydrogen-bond donors (Lipinski definition) is 0. The predicted octanol–water partition coefficient (Wildman–Crippen LogP) is 5.73. The van der Waals surface area contributed by atoms with Gasteiger partial charge in [-0.2, -0.15) is 4.31 Å². The molecule has 3 aromatic rings. The SMILES string of the molecule is CCN(CC)CCN(C(=O)c1ccc(S(=O)(=O)N(CC(C)C)CC(C)C)cc1)c1nc2ccc(F)cc2s1. The van der Waals surface area contributed by atoms with Gasteiger partial charge in [0, 0.05) is 31.7 Å². The van der Waals surface area contributed by atoms with Gasteiger partial charge in [0.25, 0.3) is 5.91 Å². The summed E-state index contributed by atoms with van der Waals surface area (Å²) in [4.78, 5) is 22.3. The predicted molar refractivity (Wildman–Crippen MR) is 154 cm³/mol. The summed E-state index contributed by atoms with van der Waals surface area (Å²) in [6.07, 6.45) is 0. The number of sulfonamides is 1. The standard InChI is InChI=1S/C28H39FN4O3S2/c1-7-31(8-2)15-16-33(28-30-25-14-11-23(29)17-26(25)37-28)27(34)22-9-12-24(13-10-22)38(35,36)32(18-20(3)4)19-21(5)6/h9-14,17,20-21H,7-8,15-16,18-19H2,1-6H3. The van der Waals surface area contributed by atoms with E-state index < -0.39 is 10.0 Å². The van der Waals surface area contributed by atoms with Gasteiger partial charge < -0.3 is 4.90 Å². The number of carbonyl (C=O) groups excluding carboxylic acids is 1. The summed E-state index contributed by atoms with van der Waals surface area (Å²) in [5.74, 6) is -0.256. The molecule has 7 nitrogen and oxygen atoms in total. The molecule has 3 rings (SSSR count). The summed E-state index contributed by atoms with van der Waals surface area (Å²) in [7, 11) is -3.70. The van der Waals surface area contributed by atoms with Crippen LogP contribution in [-0.2, 0) is 10.0 Å². The van der Waals surface area contributed by atoms with E-state index in [4.69, 9.17) is 0 Å². The monoisotopic (exact) mass is 562 g/mol. The Hall–Kier alpha value is -2.40. The minimum atomic E-state index is -3.70. The van der Waals surface area contributed by atoms with Crippen molar-refractivity contribution in [1.82, 2.24) is 14.2 Å². The smallest absolute Gasteiger partial charge is 0.260 e. The number of hydrogen-bond acceptors (Lipinski definition) is 6. The molecule has 0 unspecified atom stereocenters. The molecule has 10 heteroatoms. The lowest BCUT2D eigenvalue weighted by molar-refractivity contribution is 0.0983. The lowest BCUT2D eigenvalue weighted by Crippen LogP contribution is -2.39. The maximum absolute atomic E-state index is 13.8. The first-order valence-corrected chi connectivity index (χ1v) is 15.4. The second kappa shape index (κ2) is 13.1. The Labute approximate surface area is 230 Å². The van der Waals surface area contributed by atoms with Gasteiger partial charge in [-0.15, -0.1) is 0 Å². The first-order chi connectivity index (χ1) is 18.0. The number of benzene rings is 2. The Kier molecular flexibility index (Phi) is 10.4. The van der Waals surface area contributed by atoms with E-state index in [2.05, 4.69) is 23.7 Å². The average molecular weight is 563 g/mol. The van der Waals surface area contributed by atoms with Crippen LogP contribution in [0, 0.1) is 17.7 Å². The Morgan fingerprint density at radius 3 is 2.11 bits per heavy atom. The molecule has 0 spiro atoms. The molecule has 0 aliphatic rings. The van der Waals surface area contributed by atoms with E-state index in [1.54, 1.807) is 23.1 Å². The second-order valence-electron chi connectivity index (χ2n) is 10.2. The molecule has 1 amide bonds. The fourth-order valence-corrected chi connectivity index (χ4v) is 7.01. The Balaban J connectivity index is 1.92. The molecule has 0 aliphatic heterocycles. The summed E-state index contributed by atoms with van der Waals surface area (Å²) in [5, 5.41) is 0.486. The van der Waals surface area contributed by atoms with Crippen molar-refractivity contribution in [1.29, 1.82) is 0 Å². The first kappa shape index (κ1) is 30.1. The first-order valence-electron chi connectivity index (χ1n) is 13.2. The third kappa shape index (κ3) is 7.37. The van der Waals surface area contributed by atoms with E-state index in [1.807, 2.05) is 27.7 Å². The molecule has 0 saturated carbocycles. The summed E-state index contributed by atoms with van der Waals surface area (Å²) in [6.45, 7) is 15.7. The Bertz CT molecular complexity index is 1310. The van der Waals surface area contributed by atoms with Crippen molar-refractivity contribution in [3.8, 4) is 0 Å². The number of rotatable bonds is 13. The number of likely N-dealkylation sites (N-methyl/N-ethyl adjacent to an activating group) is 1. The number of fused-ring (bicyclic) bond motifs is 1. The van der Waals surface area contributed by atoms with Crippen LogP contribution in [0.2, 0.25) is 0 Å². The molecule has 0 radical (unpaired) electrons. The van der Waals surface area contributed by atoms with Gasteiger partial charge in [-0.25, -0.2) is 17.8 Å². The second-order valence-corrected chi connectivity index (χ2v) is 13.2. The number of anilines is 1. The van der Waals surface area contributed by atoms with Crippen molar-refractivity contribution in [2.24, 2.45) is 11.8 Å². The van der Waals surface area contributed by atoms with Gasteiger partial charge in [0.15, 0.2) is 5.13 Å². The third-order valence-corrected chi connectivity index (χ3v) is 9.11. The fraction of sp³-hybridized carbons (Fsp3) is 0.500. The van der Waals surface area contributed by atoms with Crippen molar-refractivity contribution >= 4 is 42.6 Å². The zero-order chi connectivity index (χ0) is 28.0. The molecule has 0 bridgehead atoms. The van der Waals surface area contributed by atoms with Gasteiger partial charge in [-0.3, -0.25) is 9.69 Å². The maximum Gasteiger partial charge on any atom is 0.260 e. The molecule has 0 fully saturated rings. The molecule has 0 atom stereocenters. The lowest BCUT2D eigenvalue weighted by atomic mass is 10.2. The van der Waals surface area contributed by atoms with Crippen LogP contribution in [0.3, 0.4) is 0 Å². The van der Waals surface area contributed by atoms with Crippen molar-refractivity contribution in [2.75, 3.05) is 44.2 Å². The van der Waals surface area contributed by atoms with Crippen LogP contribution in [0.5, 0.6) is 0 Å². The van der Waals surface area contributed by atoms with Gasteiger partial charge in [0.2, 0.25) is 10.0 Å². The number of halogens is 1. The van der Waals surface area contributed by atoms with Crippen LogP contribution < -0.4 is 4.90 Å². The van der Waals surface area contributed by atoms with E-state index in [-0.39, 0.29) is 28.5 Å². The van der Waals surface area contributed by atoms with Crippen LogP contribution in [-0.4, -0.2) is 67.8 Å². The number of thiazole rings is 1. The van der Waals surface area contributed by atoms with Gasteiger partial charge in [-0.05, 0) is 67.4 Å². The van der Waals surface area contributed by atoms with E-state index in [1.165, 1.54) is 39.9 Å². The highest BCUT2D eigenvalue weighted by Gasteiger charge is 2.27.